The van der Waals surface area contributed by atoms with Crippen molar-refractivity contribution < 1.29 is 19.1 Å². The van der Waals surface area contributed by atoms with Gasteiger partial charge < -0.3 is 20.7 Å². The van der Waals surface area contributed by atoms with Crippen LogP contribution in [0.3, 0.4) is 0 Å². The number of nitrogens with one attached hydrogen (secondary N) is 1. The average Bonchev–Trinajstić information content (AvgIpc) is 2.68. The molecule has 1 aliphatic heterocycles. The molecular weight excluding hydrogens is 382 g/mol. The van der Waals surface area contributed by atoms with Crippen molar-refractivity contribution in [2.24, 2.45) is 11.7 Å². The summed E-state index contributed by atoms with van der Waals surface area (Å²) in [5, 5.41) is 2.76. The van der Waals surface area contributed by atoms with Crippen molar-refractivity contribution in [1.82, 2.24) is 4.90 Å². The van der Waals surface area contributed by atoms with Crippen LogP contribution >= 0.6 is 12.4 Å². The summed E-state index contributed by atoms with van der Waals surface area (Å²) in [6.07, 6.45) is 2.71. The topological polar surface area (TPSA) is 102 Å². The highest BCUT2D eigenvalue weighted by atomic mass is 35.5. The van der Waals surface area contributed by atoms with Crippen molar-refractivity contribution >= 4 is 35.9 Å². The molecule has 1 atom stereocenters. The van der Waals surface area contributed by atoms with Crippen molar-refractivity contribution in [1.29, 1.82) is 0 Å². The lowest BCUT2D eigenvalue weighted by Crippen LogP contribution is -2.40. The first kappa shape index (κ1) is 23.9. The van der Waals surface area contributed by atoms with Gasteiger partial charge in [-0.15, -0.1) is 12.4 Å². The van der Waals surface area contributed by atoms with E-state index >= 15 is 0 Å². The molecule has 3 N–H and O–H groups in total. The molecule has 1 heterocycles. The molecular formula is C20H30ClN3O4. The largest absolute Gasteiger partial charge is 0.466 e. The molecule has 1 saturated heterocycles. The Hall–Kier alpha value is -2.12. The molecule has 0 aromatic heterocycles. The van der Waals surface area contributed by atoms with Gasteiger partial charge in [-0.25, -0.2) is 0 Å². The Labute approximate surface area is 172 Å². The summed E-state index contributed by atoms with van der Waals surface area (Å²) in [5.74, 6) is -0.597. The summed E-state index contributed by atoms with van der Waals surface area (Å²) in [6.45, 7) is 5.22. The lowest BCUT2D eigenvalue weighted by molar-refractivity contribution is -0.149. The number of benzene rings is 1. The van der Waals surface area contributed by atoms with Gasteiger partial charge in [-0.3, -0.25) is 14.4 Å². The fourth-order valence-corrected chi connectivity index (χ4v) is 3.13. The summed E-state index contributed by atoms with van der Waals surface area (Å²) in [5.41, 5.74) is 6.97. The highest BCUT2D eigenvalue weighted by molar-refractivity contribution is 5.97. The van der Waals surface area contributed by atoms with E-state index in [0.717, 1.165) is 6.42 Å². The zero-order valence-corrected chi connectivity index (χ0v) is 17.3. The van der Waals surface area contributed by atoms with Gasteiger partial charge in [-0.2, -0.15) is 0 Å². The fourth-order valence-electron chi connectivity index (χ4n) is 3.13. The predicted molar refractivity (Wildman–Crippen MR) is 110 cm³/mol. The molecule has 7 nitrogen and oxygen atoms in total. The molecule has 0 bridgehead atoms. The number of nitrogens with zero attached hydrogens (tertiary/aromatic N) is 1. The average molecular weight is 412 g/mol. The number of carbonyl (C=O) groups is 3. The van der Waals surface area contributed by atoms with Crippen molar-refractivity contribution in [2.75, 3.05) is 25.0 Å². The highest BCUT2D eigenvalue weighted by Crippen LogP contribution is 2.21. The summed E-state index contributed by atoms with van der Waals surface area (Å²) < 4.78 is 5.05. The number of ether oxygens (including phenoxy) is 1. The third-order valence-corrected chi connectivity index (χ3v) is 4.74. The van der Waals surface area contributed by atoms with Crippen LogP contribution in [-0.2, 0) is 14.3 Å². The number of halogens is 1. The molecule has 0 saturated carbocycles. The van der Waals surface area contributed by atoms with Crippen LogP contribution in [-0.4, -0.2) is 48.4 Å². The molecule has 0 aliphatic carbocycles. The van der Waals surface area contributed by atoms with E-state index < -0.39 is 6.04 Å². The second-order valence-electron chi connectivity index (χ2n) is 6.78. The maximum atomic E-state index is 12.6. The Bertz CT molecular complexity index is 658. The Kier molecular flexibility index (Phi) is 9.96. The predicted octanol–water partition coefficient (Wildman–Crippen LogP) is 2.59. The number of anilines is 1. The van der Waals surface area contributed by atoms with E-state index in [9.17, 15) is 14.4 Å². The minimum absolute atomic E-state index is 0. The maximum absolute atomic E-state index is 12.6. The third kappa shape index (κ3) is 6.49. The summed E-state index contributed by atoms with van der Waals surface area (Å²) in [7, 11) is 0. The maximum Gasteiger partial charge on any atom is 0.309 e. The van der Waals surface area contributed by atoms with E-state index in [2.05, 4.69) is 5.32 Å². The van der Waals surface area contributed by atoms with Crippen molar-refractivity contribution in [2.45, 2.75) is 45.6 Å². The SMILES string of the molecule is CCCC(N)C(=O)Nc1ccc(C(=O)N2CCC(C(=O)OCC)CC2)cc1.Cl. The van der Waals surface area contributed by atoms with Gasteiger partial charge in [0, 0.05) is 24.3 Å². The Morgan fingerprint density at radius 3 is 2.32 bits per heavy atom. The van der Waals surface area contributed by atoms with Crippen molar-refractivity contribution in [3.05, 3.63) is 29.8 Å². The number of rotatable bonds is 7. The van der Waals surface area contributed by atoms with Gasteiger partial charge in [0.15, 0.2) is 0 Å². The number of hydrogen-bond donors (Lipinski definition) is 2. The van der Waals surface area contributed by atoms with Crippen LogP contribution in [0.4, 0.5) is 5.69 Å². The van der Waals surface area contributed by atoms with Crippen molar-refractivity contribution in [3.8, 4) is 0 Å². The van der Waals surface area contributed by atoms with E-state index in [4.69, 9.17) is 10.5 Å². The summed E-state index contributed by atoms with van der Waals surface area (Å²) in [6, 6.07) is 6.27. The molecule has 0 radical (unpaired) electrons. The van der Waals surface area contributed by atoms with Crippen molar-refractivity contribution in [3.63, 3.8) is 0 Å². The first-order valence-electron chi connectivity index (χ1n) is 9.58. The summed E-state index contributed by atoms with van der Waals surface area (Å²) >= 11 is 0. The minimum Gasteiger partial charge on any atom is -0.466 e. The van der Waals surface area contributed by atoms with Gasteiger partial charge in [0.05, 0.1) is 18.6 Å². The number of carbonyl (C=O) groups excluding carboxylic acids is 3. The highest BCUT2D eigenvalue weighted by Gasteiger charge is 2.28. The number of hydrogen-bond acceptors (Lipinski definition) is 5. The molecule has 2 amide bonds. The zero-order valence-electron chi connectivity index (χ0n) is 16.5. The van der Waals surface area contributed by atoms with E-state index in [-0.39, 0.29) is 36.1 Å². The third-order valence-electron chi connectivity index (χ3n) is 4.74. The molecule has 1 aromatic rings. The number of piperidine rings is 1. The second kappa shape index (κ2) is 11.7. The molecule has 1 fully saturated rings. The van der Waals surface area contributed by atoms with Crippen LogP contribution in [0.2, 0.25) is 0 Å². The first-order valence-corrected chi connectivity index (χ1v) is 9.58. The number of amides is 2. The van der Waals surface area contributed by atoms with Crippen LogP contribution in [0.1, 0.15) is 49.9 Å². The number of esters is 1. The van der Waals surface area contributed by atoms with Crippen LogP contribution in [0.15, 0.2) is 24.3 Å². The smallest absolute Gasteiger partial charge is 0.309 e. The molecule has 8 heteroatoms. The molecule has 1 unspecified atom stereocenters. The van der Waals surface area contributed by atoms with Gasteiger partial charge >= 0.3 is 5.97 Å². The monoisotopic (exact) mass is 411 g/mol. The van der Waals surface area contributed by atoms with Crippen LogP contribution in [0.5, 0.6) is 0 Å². The number of likely N-dealkylation sites (tertiary alicyclic amines) is 1. The molecule has 2 rings (SSSR count). The lowest BCUT2D eigenvalue weighted by atomic mass is 9.96. The molecule has 1 aromatic carbocycles. The van der Waals surface area contributed by atoms with Gasteiger partial charge in [0.1, 0.15) is 0 Å². The molecule has 1 aliphatic rings. The molecule has 156 valence electrons. The normalized spacial score (nSPS) is 15.3. The van der Waals surface area contributed by atoms with E-state index in [1.165, 1.54) is 0 Å². The van der Waals surface area contributed by atoms with Gasteiger partial charge in [-0.05, 0) is 50.5 Å². The fraction of sp³-hybridized carbons (Fsp3) is 0.550. The van der Waals surface area contributed by atoms with Gasteiger partial charge in [0.25, 0.3) is 5.91 Å². The second-order valence-corrected chi connectivity index (χ2v) is 6.78. The Morgan fingerprint density at radius 1 is 1.18 bits per heavy atom. The molecule has 28 heavy (non-hydrogen) atoms. The van der Waals surface area contributed by atoms with E-state index in [1.807, 2.05) is 6.92 Å². The van der Waals surface area contributed by atoms with Crippen LogP contribution in [0.25, 0.3) is 0 Å². The zero-order chi connectivity index (χ0) is 19.8. The number of nitrogens with two attached hydrogens (primary N) is 1. The Morgan fingerprint density at radius 2 is 1.79 bits per heavy atom. The van der Waals surface area contributed by atoms with Gasteiger partial charge in [-0.1, -0.05) is 13.3 Å². The Balaban J connectivity index is 0.00000392. The molecule has 0 spiro atoms. The van der Waals surface area contributed by atoms with Crippen LogP contribution < -0.4 is 11.1 Å². The van der Waals surface area contributed by atoms with Gasteiger partial charge in [0.2, 0.25) is 5.91 Å². The summed E-state index contributed by atoms with van der Waals surface area (Å²) in [4.78, 5) is 38.1. The lowest BCUT2D eigenvalue weighted by Gasteiger charge is -2.31. The van der Waals surface area contributed by atoms with E-state index in [0.29, 0.717) is 50.2 Å². The van der Waals surface area contributed by atoms with Crippen LogP contribution in [0, 0.1) is 5.92 Å². The van der Waals surface area contributed by atoms with E-state index in [1.54, 1.807) is 36.1 Å². The standard InChI is InChI=1S/C20H29N3O4.ClH/c1-3-5-17(21)18(24)22-16-8-6-14(7-9-16)19(25)23-12-10-15(11-13-23)20(26)27-4-2;/h6-9,15,17H,3-5,10-13,21H2,1-2H3,(H,22,24);1H. The quantitative estimate of drug-likeness (QED) is 0.671. The minimum atomic E-state index is -0.531. The first-order chi connectivity index (χ1) is 13.0.